The molecule has 2 aromatic carbocycles. The molecule has 1 aliphatic carbocycles. The van der Waals surface area contributed by atoms with Gasteiger partial charge in [0.25, 0.3) is 0 Å². The summed E-state index contributed by atoms with van der Waals surface area (Å²) < 4.78 is 15.1. The van der Waals surface area contributed by atoms with E-state index >= 15 is 0 Å². The molecule has 216 valence electrons. The van der Waals surface area contributed by atoms with Gasteiger partial charge in [-0.05, 0) is 35.1 Å². The number of hydrogen-bond acceptors (Lipinski definition) is 8. The molecule has 0 bridgehead atoms. The third-order valence-corrected chi connectivity index (χ3v) is 6.13. The Bertz CT molecular complexity index is 1240. The Morgan fingerprint density at radius 3 is 1.98 bits per heavy atom. The van der Waals surface area contributed by atoms with Crippen molar-refractivity contribution in [1.29, 1.82) is 5.41 Å². The van der Waals surface area contributed by atoms with Crippen LogP contribution in [0.15, 0.2) is 73.8 Å². The van der Waals surface area contributed by atoms with Gasteiger partial charge in [0.15, 0.2) is 0 Å². The van der Waals surface area contributed by atoms with Crippen LogP contribution in [-0.2, 0) is 19.0 Å². The predicted molar refractivity (Wildman–Crippen MR) is 150 cm³/mol. The maximum atomic E-state index is 12.5. The lowest BCUT2D eigenvalue weighted by Gasteiger charge is -2.21. The van der Waals surface area contributed by atoms with Crippen LogP contribution in [0, 0.1) is 5.41 Å². The van der Waals surface area contributed by atoms with Crippen molar-refractivity contribution in [2.75, 3.05) is 26.4 Å². The highest BCUT2D eigenvalue weighted by molar-refractivity contribution is 6.06. The van der Waals surface area contributed by atoms with Gasteiger partial charge in [0.2, 0.25) is 5.96 Å². The summed E-state index contributed by atoms with van der Waals surface area (Å²) in [5.41, 5.74) is 4.20. The van der Waals surface area contributed by atoms with Crippen molar-refractivity contribution in [3.63, 3.8) is 0 Å². The fourth-order valence-corrected chi connectivity index (χ4v) is 4.28. The van der Waals surface area contributed by atoms with Gasteiger partial charge in [0.05, 0.1) is 0 Å². The number of nitrogens with one attached hydrogen (secondary N) is 3. The number of benzene rings is 2. The number of imide groups is 1. The predicted octanol–water partition coefficient (Wildman–Crippen LogP) is 4.23. The van der Waals surface area contributed by atoms with Crippen molar-refractivity contribution in [2.45, 2.75) is 24.8 Å². The second-order valence-corrected chi connectivity index (χ2v) is 8.84. The number of alkyl carbamates (subject to hydrolysis) is 1. The number of guanidine groups is 1. The third-order valence-electron chi connectivity index (χ3n) is 6.13. The fraction of sp³-hybridized carbons (Fsp3) is 0.276. The van der Waals surface area contributed by atoms with E-state index in [2.05, 4.69) is 23.8 Å². The van der Waals surface area contributed by atoms with Crippen LogP contribution in [0.3, 0.4) is 0 Å². The average molecular weight is 565 g/mol. The molecule has 1 atom stereocenters. The molecule has 2 aromatic rings. The van der Waals surface area contributed by atoms with Crippen molar-refractivity contribution in [3.8, 4) is 11.1 Å². The van der Waals surface area contributed by atoms with Gasteiger partial charge < -0.3 is 30.0 Å². The summed E-state index contributed by atoms with van der Waals surface area (Å²) in [6, 6.07) is 14.4. The molecule has 3 rings (SSSR count). The van der Waals surface area contributed by atoms with Crippen molar-refractivity contribution >= 4 is 30.2 Å². The maximum absolute atomic E-state index is 12.5. The summed E-state index contributed by atoms with van der Waals surface area (Å²) in [5, 5.41) is 22.6. The highest BCUT2D eigenvalue weighted by atomic mass is 16.6. The molecular formula is C29H32N4O8. The molecule has 41 heavy (non-hydrogen) atoms. The smallest absolute Gasteiger partial charge is 0.426 e. The third kappa shape index (κ3) is 7.94. The first kappa shape index (κ1) is 30.4. The number of carboxylic acids is 1. The summed E-state index contributed by atoms with van der Waals surface area (Å²) in [6.45, 7) is 6.46. The molecule has 0 heterocycles. The summed E-state index contributed by atoms with van der Waals surface area (Å²) in [7, 11) is 0. The van der Waals surface area contributed by atoms with Gasteiger partial charge in [-0.2, -0.15) is 0 Å². The van der Waals surface area contributed by atoms with E-state index in [-0.39, 0.29) is 45.1 Å². The molecule has 0 unspecified atom stereocenters. The largest absolute Gasteiger partial charge is 0.480 e. The second kappa shape index (κ2) is 14.9. The summed E-state index contributed by atoms with van der Waals surface area (Å²) in [5.74, 6) is -2.08. The number of carbonyl (C=O) groups excluding carboxylic acids is 3. The van der Waals surface area contributed by atoms with E-state index in [1.807, 2.05) is 48.5 Å². The molecular weight excluding hydrogens is 532 g/mol. The molecule has 0 radical (unpaired) electrons. The van der Waals surface area contributed by atoms with Crippen LogP contribution in [0.5, 0.6) is 0 Å². The van der Waals surface area contributed by atoms with E-state index in [1.165, 1.54) is 12.2 Å². The van der Waals surface area contributed by atoms with E-state index < -0.39 is 36.3 Å². The lowest BCUT2D eigenvalue weighted by molar-refractivity contribution is -0.139. The average Bonchev–Trinajstić information content (AvgIpc) is 3.29. The standard InChI is InChI=1S/C29H32N4O8/c1-3-16-39-28(37)33(29(38)40-17-4-2)26(30)31-15-9-14-24(25(34)35)32-27(36)41-18-23-21-12-7-5-10-19(21)20-11-6-8-13-22(20)23/h3-8,10-13,23-24H,1-2,9,14-18H2,(H2,30,31)(H,32,36)(H,34,35)/t24-/m0/s1. The normalized spacial score (nSPS) is 12.1. The van der Waals surface area contributed by atoms with Gasteiger partial charge >= 0.3 is 24.2 Å². The molecule has 0 saturated heterocycles. The van der Waals surface area contributed by atoms with Crippen molar-refractivity contribution in [3.05, 3.63) is 85.0 Å². The number of carbonyl (C=O) groups is 4. The number of fused-ring (bicyclic) bond motifs is 3. The quantitative estimate of drug-likeness (QED) is 0.0969. The van der Waals surface area contributed by atoms with Gasteiger partial charge in [-0.3, -0.25) is 5.41 Å². The van der Waals surface area contributed by atoms with Crippen LogP contribution in [-0.4, -0.2) is 72.6 Å². The summed E-state index contributed by atoms with van der Waals surface area (Å²) >= 11 is 0. The zero-order chi connectivity index (χ0) is 29.8. The molecule has 1 aliphatic rings. The van der Waals surface area contributed by atoms with Gasteiger partial charge in [-0.15, -0.1) is 4.90 Å². The lowest BCUT2D eigenvalue weighted by atomic mass is 9.98. The molecule has 0 spiro atoms. The molecule has 0 aliphatic heterocycles. The van der Waals surface area contributed by atoms with E-state index in [0.29, 0.717) is 4.90 Å². The van der Waals surface area contributed by atoms with E-state index in [0.717, 1.165) is 22.3 Å². The summed E-state index contributed by atoms with van der Waals surface area (Å²) in [4.78, 5) is 49.0. The van der Waals surface area contributed by atoms with Crippen LogP contribution in [0.2, 0.25) is 0 Å². The molecule has 0 aromatic heterocycles. The fourth-order valence-electron chi connectivity index (χ4n) is 4.28. The number of amides is 3. The first-order chi connectivity index (χ1) is 19.8. The first-order valence-corrected chi connectivity index (χ1v) is 12.8. The van der Waals surface area contributed by atoms with Crippen LogP contribution in [0.1, 0.15) is 29.9 Å². The van der Waals surface area contributed by atoms with Crippen LogP contribution >= 0.6 is 0 Å². The van der Waals surface area contributed by atoms with E-state index in [1.54, 1.807) is 0 Å². The Labute approximate surface area is 237 Å². The second-order valence-electron chi connectivity index (χ2n) is 8.84. The van der Waals surface area contributed by atoms with Gasteiger partial charge in [-0.1, -0.05) is 73.8 Å². The van der Waals surface area contributed by atoms with Crippen LogP contribution in [0.25, 0.3) is 11.1 Å². The number of carboxylic acid groups (broad SMARTS) is 1. The van der Waals surface area contributed by atoms with Crippen molar-refractivity contribution in [2.24, 2.45) is 0 Å². The zero-order valence-corrected chi connectivity index (χ0v) is 22.3. The number of nitrogens with zero attached hydrogens (tertiary/aromatic N) is 1. The molecule has 12 heteroatoms. The van der Waals surface area contributed by atoms with E-state index in [4.69, 9.17) is 19.6 Å². The van der Waals surface area contributed by atoms with Gasteiger partial charge in [0.1, 0.15) is 25.9 Å². The molecule has 4 N–H and O–H groups in total. The highest BCUT2D eigenvalue weighted by Gasteiger charge is 2.31. The minimum Gasteiger partial charge on any atom is -0.480 e. The number of aliphatic carboxylic acids is 1. The topological polar surface area (TPSA) is 167 Å². The Kier molecular flexibility index (Phi) is 11.0. The number of hydrogen-bond donors (Lipinski definition) is 4. The Morgan fingerprint density at radius 2 is 1.46 bits per heavy atom. The van der Waals surface area contributed by atoms with Crippen molar-refractivity contribution < 1.29 is 38.5 Å². The van der Waals surface area contributed by atoms with E-state index in [9.17, 15) is 24.3 Å². The monoisotopic (exact) mass is 564 g/mol. The molecule has 12 nitrogen and oxygen atoms in total. The SMILES string of the molecule is C=CCOC(=O)N(C(=N)NCCC[C@H](NC(=O)OCC1c2ccccc2-c2ccccc21)C(=O)O)C(=O)OCC=C. The zero-order valence-electron chi connectivity index (χ0n) is 22.3. The maximum Gasteiger partial charge on any atom is 0.426 e. The minimum absolute atomic E-state index is 0.00500. The highest BCUT2D eigenvalue weighted by Crippen LogP contribution is 2.44. The van der Waals surface area contributed by atoms with Crippen molar-refractivity contribution in [1.82, 2.24) is 15.5 Å². The Hall–Kier alpha value is -5.13. The molecule has 0 fully saturated rings. The first-order valence-electron chi connectivity index (χ1n) is 12.8. The summed E-state index contributed by atoms with van der Waals surface area (Å²) in [6.07, 6.45) is -0.480. The number of rotatable bonds is 12. The van der Waals surface area contributed by atoms with Gasteiger partial charge in [0, 0.05) is 12.5 Å². The Balaban J connectivity index is 1.51. The van der Waals surface area contributed by atoms with Gasteiger partial charge in [-0.25, -0.2) is 19.2 Å². The molecule has 0 saturated carbocycles. The molecule has 3 amide bonds. The van der Waals surface area contributed by atoms with Crippen LogP contribution < -0.4 is 10.6 Å². The number of ether oxygens (including phenoxy) is 3. The minimum atomic E-state index is -1.27. The Morgan fingerprint density at radius 1 is 0.927 bits per heavy atom. The van der Waals surface area contributed by atoms with Crippen LogP contribution in [0.4, 0.5) is 14.4 Å². The lowest BCUT2D eigenvalue weighted by Crippen LogP contribution is -2.49.